The molecular weight excluding hydrogens is 327 g/mol. The zero-order chi connectivity index (χ0) is 15.3. The third kappa shape index (κ3) is 3.99. The molecule has 0 saturated carbocycles. The van der Waals surface area contributed by atoms with Gasteiger partial charge in [-0.25, -0.2) is 4.39 Å². The van der Waals surface area contributed by atoms with E-state index in [1.165, 1.54) is 12.1 Å². The second-order valence-electron chi connectivity index (χ2n) is 4.84. The van der Waals surface area contributed by atoms with Gasteiger partial charge in [0.15, 0.2) is 0 Å². The van der Waals surface area contributed by atoms with Crippen molar-refractivity contribution in [2.24, 2.45) is 0 Å². The highest BCUT2D eigenvalue weighted by molar-refractivity contribution is 9.10. The van der Waals surface area contributed by atoms with Crippen LogP contribution in [-0.2, 0) is 0 Å². The minimum atomic E-state index is -0.470. The van der Waals surface area contributed by atoms with Crippen LogP contribution in [0.3, 0.4) is 0 Å². The first-order chi connectivity index (χ1) is 9.42. The largest absolute Gasteiger partial charge is 0.313 e. The lowest BCUT2D eigenvalue weighted by Gasteiger charge is -2.24. The Hall–Kier alpha value is -1.01. The molecule has 6 heteroatoms. The van der Waals surface area contributed by atoms with E-state index in [4.69, 9.17) is 0 Å². The summed E-state index contributed by atoms with van der Waals surface area (Å²) in [7, 11) is 0. The summed E-state index contributed by atoms with van der Waals surface area (Å²) in [5.74, 6) is -0.600. The van der Waals surface area contributed by atoms with Gasteiger partial charge in [0, 0.05) is 23.6 Å². The molecular formula is C14H20BrFN2O2. The number of nitrogens with zero attached hydrogens (tertiary/aromatic N) is 1. The van der Waals surface area contributed by atoms with Crippen LogP contribution in [-0.4, -0.2) is 17.5 Å². The van der Waals surface area contributed by atoms with Crippen molar-refractivity contribution >= 4 is 21.6 Å². The van der Waals surface area contributed by atoms with Crippen LogP contribution >= 0.6 is 15.9 Å². The summed E-state index contributed by atoms with van der Waals surface area (Å²) in [4.78, 5) is 10.7. The van der Waals surface area contributed by atoms with Gasteiger partial charge in [-0.1, -0.05) is 20.8 Å². The van der Waals surface area contributed by atoms with Crippen LogP contribution in [0.2, 0.25) is 0 Å². The highest BCUT2D eigenvalue weighted by Gasteiger charge is 2.26. The number of hydrogen-bond donors (Lipinski definition) is 1. The Morgan fingerprint density at radius 1 is 1.45 bits per heavy atom. The SMILES string of the molecule is CCCNC(CC)C(C)c1cc(F)c(Br)cc1[N+](=O)[O-]. The van der Waals surface area contributed by atoms with Gasteiger partial charge in [0.2, 0.25) is 0 Å². The van der Waals surface area contributed by atoms with E-state index in [2.05, 4.69) is 28.2 Å². The molecule has 0 aromatic heterocycles. The van der Waals surface area contributed by atoms with Crippen molar-refractivity contribution in [1.82, 2.24) is 5.32 Å². The van der Waals surface area contributed by atoms with Crippen molar-refractivity contribution < 1.29 is 9.31 Å². The van der Waals surface area contributed by atoms with Gasteiger partial charge in [0.1, 0.15) is 5.82 Å². The molecule has 0 saturated heterocycles. The monoisotopic (exact) mass is 346 g/mol. The van der Waals surface area contributed by atoms with Gasteiger partial charge in [0.05, 0.1) is 9.40 Å². The predicted molar refractivity (Wildman–Crippen MR) is 81.5 cm³/mol. The molecule has 1 aromatic rings. The summed E-state index contributed by atoms with van der Waals surface area (Å²) in [6, 6.07) is 2.60. The van der Waals surface area contributed by atoms with Gasteiger partial charge in [0.25, 0.3) is 5.69 Å². The van der Waals surface area contributed by atoms with Gasteiger partial charge in [-0.3, -0.25) is 10.1 Å². The van der Waals surface area contributed by atoms with Crippen LogP contribution in [0.4, 0.5) is 10.1 Å². The Morgan fingerprint density at radius 2 is 2.10 bits per heavy atom. The second-order valence-corrected chi connectivity index (χ2v) is 5.69. The van der Waals surface area contributed by atoms with Crippen molar-refractivity contribution in [3.8, 4) is 0 Å². The number of nitro benzene ring substituents is 1. The van der Waals surface area contributed by atoms with Crippen molar-refractivity contribution in [2.45, 2.75) is 45.6 Å². The van der Waals surface area contributed by atoms with E-state index >= 15 is 0 Å². The summed E-state index contributed by atoms with van der Waals surface area (Å²) >= 11 is 3.00. The predicted octanol–water partition coefficient (Wildman–Crippen LogP) is 4.38. The minimum Gasteiger partial charge on any atom is -0.313 e. The van der Waals surface area contributed by atoms with Crippen molar-refractivity contribution in [2.75, 3.05) is 6.54 Å². The molecule has 2 unspecified atom stereocenters. The first-order valence-corrected chi connectivity index (χ1v) is 7.58. The maximum Gasteiger partial charge on any atom is 0.274 e. The van der Waals surface area contributed by atoms with Crippen LogP contribution in [0, 0.1) is 15.9 Å². The number of nitrogens with one attached hydrogen (secondary N) is 1. The highest BCUT2D eigenvalue weighted by Crippen LogP contribution is 2.33. The molecule has 1 N–H and O–H groups in total. The average molecular weight is 347 g/mol. The van der Waals surface area contributed by atoms with Crippen LogP contribution in [0.5, 0.6) is 0 Å². The summed E-state index contributed by atoms with van der Waals surface area (Å²) < 4.78 is 13.8. The van der Waals surface area contributed by atoms with Crippen molar-refractivity contribution in [3.05, 3.63) is 38.1 Å². The standard InChI is InChI=1S/C14H20BrFN2O2/c1-4-6-17-13(5-2)9(3)10-7-12(16)11(15)8-14(10)18(19)20/h7-9,13,17H,4-6H2,1-3H3. The third-order valence-electron chi connectivity index (χ3n) is 3.46. The molecule has 0 radical (unpaired) electrons. The Bertz CT molecular complexity index is 482. The van der Waals surface area contributed by atoms with E-state index in [1.807, 2.05) is 13.8 Å². The van der Waals surface area contributed by atoms with E-state index in [1.54, 1.807) is 0 Å². The fourth-order valence-corrected chi connectivity index (χ4v) is 2.63. The lowest BCUT2D eigenvalue weighted by molar-refractivity contribution is -0.385. The summed E-state index contributed by atoms with van der Waals surface area (Å²) in [6.45, 7) is 6.82. The summed E-state index contributed by atoms with van der Waals surface area (Å²) in [6.07, 6.45) is 1.82. The van der Waals surface area contributed by atoms with E-state index in [-0.39, 0.29) is 22.1 Å². The van der Waals surface area contributed by atoms with Gasteiger partial charge in [-0.2, -0.15) is 0 Å². The quantitative estimate of drug-likeness (QED) is 0.588. The average Bonchev–Trinajstić information content (AvgIpc) is 2.41. The number of benzene rings is 1. The lowest BCUT2D eigenvalue weighted by Crippen LogP contribution is -2.34. The number of rotatable bonds is 7. The van der Waals surface area contributed by atoms with Crippen molar-refractivity contribution in [1.29, 1.82) is 0 Å². The van der Waals surface area contributed by atoms with Crippen LogP contribution in [0.25, 0.3) is 0 Å². The van der Waals surface area contributed by atoms with Gasteiger partial charge in [-0.05, 0) is 41.4 Å². The molecule has 2 atom stereocenters. The normalized spacial score (nSPS) is 14.1. The lowest BCUT2D eigenvalue weighted by atomic mass is 9.90. The molecule has 0 bridgehead atoms. The zero-order valence-electron chi connectivity index (χ0n) is 12.0. The first kappa shape index (κ1) is 17.0. The zero-order valence-corrected chi connectivity index (χ0v) is 13.5. The van der Waals surface area contributed by atoms with Crippen LogP contribution < -0.4 is 5.32 Å². The Morgan fingerprint density at radius 3 is 2.60 bits per heavy atom. The molecule has 4 nitrogen and oxygen atoms in total. The Kier molecular flexibility index (Phi) is 6.55. The Balaban J connectivity index is 3.15. The number of nitro groups is 1. The molecule has 0 aliphatic heterocycles. The van der Waals surface area contributed by atoms with E-state index < -0.39 is 10.7 Å². The molecule has 0 amide bonds. The molecule has 20 heavy (non-hydrogen) atoms. The highest BCUT2D eigenvalue weighted by atomic mass is 79.9. The summed E-state index contributed by atoms with van der Waals surface area (Å²) in [5.41, 5.74) is 0.397. The van der Waals surface area contributed by atoms with Gasteiger partial charge < -0.3 is 5.32 Å². The van der Waals surface area contributed by atoms with Gasteiger partial charge >= 0.3 is 0 Å². The maximum absolute atomic E-state index is 13.7. The fourth-order valence-electron chi connectivity index (χ4n) is 2.30. The molecule has 0 heterocycles. The van der Waals surface area contributed by atoms with E-state index in [0.29, 0.717) is 5.56 Å². The molecule has 1 rings (SSSR count). The molecule has 0 aliphatic rings. The second kappa shape index (κ2) is 7.69. The maximum atomic E-state index is 13.7. The topological polar surface area (TPSA) is 55.2 Å². The minimum absolute atomic E-state index is 0.0393. The van der Waals surface area contributed by atoms with E-state index in [0.717, 1.165) is 19.4 Å². The van der Waals surface area contributed by atoms with Crippen LogP contribution in [0.1, 0.15) is 45.1 Å². The molecule has 0 spiro atoms. The Labute approximate surface area is 127 Å². The smallest absolute Gasteiger partial charge is 0.274 e. The number of halogens is 2. The molecule has 1 aromatic carbocycles. The molecule has 112 valence electrons. The van der Waals surface area contributed by atoms with E-state index in [9.17, 15) is 14.5 Å². The molecule has 0 aliphatic carbocycles. The van der Waals surface area contributed by atoms with Crippen molar-refractivity contribution in [3.63, 3.8) is 0 Å². The van der Waals surface area contributed by atoms with Crippen LogP contribution in [0.15, 0.2) is 16.6 Å². The summed E-state index contributed by atoms with van der Waals surface area (Å²) in [5, 5.41) is 14.5. The molecule has 0 fully saturated rings. The third-order valence-corrected chi connectivity index (χ3v) is 4.06. The first-order valence-electron chi connectivity index (χ1n) is 6.79. The van der Waals surface area contributed by atoms with Gasteiger partial charge in [-0.15, -0.1) is 0 Å². The number of hydrogen-bond acceptors (Lipinski definition) is 3. The fraction of sp³-hybridized carbons (Fsp3) is 0.571.